The van der Waals surface area contributed by atoms with Gasteiger partial charge in [0.2, 0.25) is 0 Å². The van der Waals surface area contributed by atoms with Crippen LogP contribution in [0.4, 0.5) is 0 Å². The molecule has 0 radical (unpaired) electrons. The normalized spacial score (nSPS) is 12.3. The number of hydrogen-bond donors (Lipinski definition) is 1. The summed E-state index contributed by atoms with van der Waals surface area (Å²) in [5, 5.41) is 10.3. The van der Waals surface area contributed by atoms with Crippen molar-refractivity contribution in [2.24, 2.45) is 0 Å². The molecule has 0 saturated carbocycles. The maximum absolute atomic E-state index is 10.3. The zero-order valence-electron chi connectivity index (χ0n) is 14.7. The largest absolute Gasteiger partial charge is 0.493 e. The molecule has 1 atom stereocenters. The summed E-state index contributed by atoms with van der Waals surface area (Å²) in [6, 6.07) is 15.6. The predicted octanol–water partition coefficient (Wildman–Crippen LogP) is 3.96. The number of nitrogens with zero attached hydrogens (tertiary/aromatic N) is 2. The van der Waals surface area contributed by atoms with E-state index in [-0.39, 0.29) is 0 Å². The number of fused-ring (bicyclic) bond motifs is 1. The highest BCUT2D eigenvalue weighted by atomic mass is 16.5. The second-order valence-electron chi connectivity index (χ2n) is 5.89. The number of benzene rings is 2. The Labute approximate surface area is 147 Å². The molecule has 1 N–H and O–H groups in total. The molecule has 0 spiro atoms. The minimum atomic E-state index is -0.553. The number of aryl methyl sites for hydroxylation is 1. The standard InChI is InChI=1S/C20H24N2O3/c1-3-17(23)20-21-15-9-4-5-10-16(15)22(20)13-8-14-25-19-12-7-6-11-18(19)24-2/h4-7,9-12,17,23H,3,8,13-14H2,1-2H3/t17-/m1/s1. The number of para-hydroxylation sites is 4. The Morgan fingerprint density at radius 2 is 1.80 bits per heavy atom. The van der Waals surface area contributed by atoms with E-state index < -0.39 is 6.10 Å². The zero-order chi connectivity index (χ0) is 17.6. The fourth-order valence-electron chi connectivity index (χ4n) is 2.91. The van der Waals surface area contributed by atoms with E-state index in [2.05, 4.69) is 9.55 Å². The lowest BCUT2D eigenvalue weighted by Gasteiger charge is -2.14. The van der Waals surface area contributed by atoms with Gasteiger partial charge in [-0.2, -0.15) is 0 Å². The van der Waals surface area contributed by atoms with Crippen molar-refractivity contribution >= 4 is 11.0 Å². The van der Waals surface area contributed by atoms with E-state index in [1.54, 1.807) is 7.11 Å². The van der Waals surface area contributed by atoms with Crippen LogP contribution in [0.25, 0.3) is 11.0 Å². The van der Waals surface area contributed by atoms with Crippen LogP contribution >= 0.6 is 0 Å². The van der Waals surface area contributed by atoms with E-state index in [0.717, 1.165) is 41.3 Å². The van der Waals surface area contributed by atoms with Gasteiger partial charge in [0.05, 0.1) is 24.8 Å². The first-order chi connectivity index (χ1) is 12.2. The van der Waals surface area contributed by atoms with Gasteiger partial charge in [0.25, 0.3) is 0 Å². The van der Waals surface area contributed by atoms with Gasteiger partial charge in [-0.15, -0.1) is 0 Å². The van der Waals surface area contributed by atoms with Crippen molar-refractivity contribution in [3.8, 4) is 11.5 Å². The molecule has 0 unspecified atom stereocenters. The third-order valence-electron chi connectivity index (χ3n) is 4.22. The summed E-state index contributed by atoms with van der Waals surface area (Å²) < 4.78 is 13.2. The topological polar surface area (TPSA) is 56.5 Å². The average Bonchev–Trinajstić information content (AvgIpc) is 3.03. The number of aliphatic hydroxyl groups excluding tert-OH is 1. The monoisotopic (exact) mass is 340 g/mol. The molecule has 2 aromatic carbocycles. The first kappa shape index (κ1) is 17.3. The maximum atomic E-state index is 10.3. The Morgan fingerprint density at radius 3 is 2.56 bits per heavy atom. The first-order valence-electron chi connectivity index (χ1n) is 8.63. The molecule has 0 saturated heterocycles. The van der Waals surface area contributed by atoms with Crippen LogP contribution in [0.2, 0.25) is 0 Å². The van der Waals surface area contributed by atoms with Crippen LogP contribution in [0.15, 0.2) is 48.5 Å². The highest BCUT2D eigenvalue weighted by Crippen LogP contribution is 2.26. The molecule has 132 valence electrons. The molecule has 1 heterocycles. The van der Waals surface area contributed by atoms with Crippen molar-refractivity contribution in [2.45, 2.75) is 32.4 Å². The Hall–Kier alpha value is -2.53. The lowest BCUT2D eigenvalue weighted by Crippen LogP contribution is -2.11. The third kappa shape index (κ3) is 3.77. The van der Waals surface area contributed by atoms with E-state index >= 15 is 0 Å². The van der Waals surface area contributed by atoms with Gasteiger partial charge in [-0.3, -0.25) is 0 Å². The van der Waals surface area contributed by atoms with Gasteiger partial charge in [-0.05, 0) is 37.1 Å². The highest BCUT2D eigenvalue weighted by molar-refractivity contribution is 5.76. The molecule has 0 bridgehead atoms. The summed E-state index contributed by atoms with van der Waals surface area (Å²) in [7, 11) is 1.64. The van der Waals surface area contributed by atoms with Gasteiger partial charge in [-0.25, -0.2) is 4.98 Å². The lowest BCUT2D eigenvalue weighted by molar-refractivity contribution is 0.158. The summed E-state index contributed by atoms with van der Waals surface area (Å²) in [5.41, 5.74) is 1.96. The SMILES string of the molecule is CC[C@@H](O)c1nc2ccccc2n1CCCOc1ccccc1OC. The van der Waals surface area contributed by atoms with E-state index in [4.69, 9.17) is 9.47 Å². The van der Waals surface area contributed by atoms with E-state index in [0.29, 0.717) is 13.0 Å². The molecular weight excluding hydrogens is 316 g/mol. The fourth-order valence-corrected chi connectivity index (χ4v) is 2.91. The maximum Gasteiger partial charge on any atom is 0.161 e. The molecule has 0 aliphatic rings. The Balaban J connectivity index is 1.70. The van der Waals surface area contributed by atoms with Gasteiger partial charge in [0, 0.05) is 6.54 Å². The smallest absolute Gasteiger partial charge is 0.161 e. The van der Waals surface area contributed by atoms with Crippen LogP contribution in [0.3, 0.4) is 0 Å². The lowest BCUT2D eigenvalue weighted by atomic mass is 10.2. The number of ether oxygens (including phenoxy) is 2. The first-order valence-corrected chi connectivity index (χ1v) is 8.63. The van der Waals surface area contributed by atoms with Crippen LogP contribution < -0.4 is 9.47 Å². The van der Waals surface area contributed by atoms with Gasteiger partial charge >= 0.3 is 0 Å². The molecule has 0 aliphatic heterocycles. The molecule has 5 heteroatoms. The van der Waals surface area contributed by atoms with Gasteiger partial charge in [0.1, 0.15) is 11.9 Å². The minimum absolute atomic E-state index is 0.553. The Bertz CT molecular complexity index is 829. The molecule has 0 amide bonds. The molecule has 5 nitrogen and oxygen atoms in total. The number of methoxy groups -OCH3 is 1. The van der Waals surface area contributed by atoms with E-state index in [9.17, 15) is 5.11 Å². The zero-order valence-corrected chi connectivity index (χ0v) is 14.7. The molecule has 25 heavy (non-hydrogen) atoms. The third-order valence-corrected chi connectivity index (χ3v) is 4.22. The summed E-state index contributed by atoms with van der Waals surface area (Å²) in [6.45, 7) is 3.26. The number of imidazole rings is 1. The van der Waals surface area contributed by atoms with Crippen molar-refractivity contribution in [2.75, 3.05) is 13.7 Å². The molecule has 1 aromatic heterocycles. The van der Waals surface area contributed by atoms with Gasteiger partial charge < -0.3 is 19.1 Å². The molecule has 0 aliphatic carbocycles. The van der Waals surface area contributed by atoms with Crippen molar-refractivity contribution in [1.29, 1.82) is 0 Å². The molecule has 3 aromatic rings. The van der Waals surface area contributed by atoms with E-state index in [1.807, 2.05) is 55.5 Å². The number of hydrogen-bond acceptors (Lipinski definition) is 4. The van der Waals surface area contributed by atoms with Crippen LogP contribution in [-0.2, 0) is 6.54 Å². The second-order valence-corrected chi connectivity index (χ2v) is 5.89. The van der Waals surface area contributed by atoms with E-state index in [1.165, 1.54) is 0 Å². The summed E-state index contributed by atoms with van der Waals surface area (Å²) in [5.74, 6) is 2.20. The van der Waals surface area contributed by atoms with Crippen molar-refractivity contribution in [3.63, 3.8) is 0 Å². The average molecular weight is 340 g/mol. The molecule has 3 rings (SSSR count). The highest BCUT2D eigenvalue weighted by Gasteiger charge is 2.16. The summed E-state index contributed by atoms with van der Waals surface area (Å²) in [6.07, 6.45) is 0.894. The van der Waals surface area contributed by atoms with Crippen molar-refractivity contribution < 1.29 is 14.6 Å². The van der Waals surface area contributed by atoms with Crippen molar-refractivity contribution in [3.05, 3.63) is 54.4 Å². The van der Waals surface area contributed by atoms with Crippen LogP contribution in [-0.4, -0.2) is 28.4 Å². The van der Waals surface area contributed by atoms with Crippen LogP contribution in [0.5, 0.6) is 11.5 Å². The van der Waals surface area contributed by atoms with Crippen LogP contribution in [0.1, 0.15) is 31.7 Å². The quantitative estimate of drug-likeness (QED) is 0.631. The Morgan fingerprint density at radius 1 is 1.08 bits per heavy atom. The number of aliphatic hydroxyl groups is 1. The summed E-state index contributed by atoms with van der Waals surface area (Å²) in [4.78, 5) is 4.60. The van der Waals surface area contributed by atoms with Crippen LogP contribution in [0, 0.1) is 0 Å². The Kier molecular flexibility index (Phi) is 5.56. The van der Waals surface area contributed by atoms with Gasteiger partial charge in [-0.1, -0.05) is 31.2 Å². The molecular formula is C20H24N2O3. The number of aromatic nitrogens is 2. The second kappa shape index (κ2) is 8.03. The predicted molar refractivity (Wildman–Crippen MR) is 98.1 cm³/mol. The number of rotatable bonds is 8. The van der Waals surface area contributed by atoms with Crippen molar-refractivity contribution in [1.82, 2.24) is 9.55 Å². The molecule has 0 fully saturated rings. The minimum Gasteiger partial charge on any atom is -0.493 e. The summed E-state index contributed by atoms with van der Waals surface area (Å²) >= 11 is 0. The van der Waals surface area contributed by atoms with Gasteiger partial charge in [0.15, 0.2) is 11.5 Å². The fraction of sp³-hybridized carbons (Fsp3) is 0.350.